The van der Waals surface area contributed by atoms with Crippen molar-refractivity contribution < 1.29 is 13.6 Å². The summed E-state index contributed by atoms with van der Waals surface area (Å²) in [6.07, 6.45) is 0. The van der Waals surface area contributed by atoms with Gasteiger partial charge in [-0.25, -0.2) is 8.78 Å². The van der Waals surface area contributed by atoms with E-state index in [0.29, 0.717) is 28.8 Å². The van der Waals surface area contributed by atoms with Crippen molar-refractivity contribution in [3.05, 3.63) is 70.5 Å². The van der Waals surface area contributed by atoms with Gasteiger partial charge in [-0.05, 0) is 36.8 Å². The largest absolute Gasteiger partial charge is 0.329 e. The van der Waals surface area contributed by atoms with Gasteiger partial charge in [-0.1, -0.05) is 29.8 Å². The van der Waals surface area contributed by atoms with Gasteiger partial charge in [0.1, 0.15) is 6.04 Å². The van der Waals surface area contributed by atoms with Crippen molar-refractivity contribution in [2.24, 2.45) is 0 Å². The van der Waals surface area contributed by atoms with Crippen LogP contribution in [0, 0.1) is 11.6 Å². The fraction of sp³-hybridized carbons (Fsp3) is 0.211. The second-order valence-electron chi connectivity index (χ2n) is 6.40. The van der Waals surface area contributed by atoms with Crippen LogP contribution in [0.5, 0.6) is 0 Å². The number of hydrogen-bond acceptors (Lipinski definition) is 3. The molecule has 1 aliphatic rings. The molecular formula is C19H15ClF2N4O. The number of hydrogen-bond donors (Lipinski definition) is 0. The lowest BCUT2D eigenvalue weighted by molar-refractivity contribution is -0.137. The average Bonchev–Trinajstić information content (AvgIpc) is 3.07. The van der Waals surface area contributed by atoms with E-state index in [0.717, 1.165) is 17.7 Å². The molecule has 0 aliphatic carbocycles. The summed E-state index contributed by atoms with van der Waals surface area (Å²) >= 11 is 6.20. The van der Waals surface area contributed by atoms with E-state index in [2.05, 4.69) is 10.2 Å². The molecule has 4 rings (SSSR count). The topological polar surface area (TPSA) is 51.0 Å². The summed E-state index contributed by atoms with van der Waals surface area (Å²) in [4.78, 5) is 14.5. The highest BCUT2D eigenvalue weighted by Crippen LogP contribution is 2.30. The molecule has 1 amide bonds. The number of nitrogens with zero attached hydrogens (tertiary/aromatic N) is 4. The van der Waals surface area contributed by atoms with E-state index in [1.54, 1.807) is 22.5 Å². The van der Waals surface area contributed by atoms with Crippen LogP contribution in [0.25, 0.3) is 11.4 Å². The van der Waals surface area contributed by atoms with Crippen LogP contribution in [0.15, 0.2) is 42.5 Å². The first-order chi connectivity index (χ1) is 13.0. The second kappa shape index (κ2) is 6.74. The third-order valence-electron chi connectivity index (χ3n) is 4.65. The minimum Gasteiger partial charge on any atom is -0.329 e. The van der Waals surface area contributed by atoms with E-state index >= 15 is 0 Å². The lowest BCUT2D eigenvalue weighted by Gasteiger charge is -2.32. The summed E-state index contributed by atoms with van der Waals surface area (Å²) in [5, 5.41) is 8.85. The number of carbonyl (C=O) groups excluding carboxylic acids is 1. The van der Waals surface area contributed by atoms with Gasteiger partial charge >= 0.3 is 0 Å². The molecule has 0 saturated heterocycles. The maximum atomic E-state index is 13.6. The number of rotatable bonds is 3. The first-order valence-electron chi connectivity index (χ1n) is 8.37. The normalized spacial score (nSPS) is 16.5. The highest BCUT2D eigenvalue weighted by Gasteiger charge is 2.33. The van der Waals surface area contributed by atoms with Crippen molar-refractivity contribution in [1.82, 2.24) is 19.7 Å². The smallest absolute Gasteiger partial charge is 0.246 e. The Bertz CT molecular complexity index is 1040. The van der Waals surface area contributed by atoms with Crippen LogP contribution in [0.2, 0.25) is 5.02 Å². The van der Waals surface area contributed by atoms with E-state index in [1.807, 2.05) is 18.2 Å². The Morgan fingerprint density at radius 1 is 1.15 bits per heavy atom. The second-order valence-corrected chi connectivity index (χ2v) is 6.81. The third kappa shape index (κ3) is 3.08. The number of halogens is 3. The first kappa shape index (κ1) is 17.6. The molecule has 3 aromatic rings. The minimum absolute atomic E-state index is 0.119. The summed E-state index contributed by atoms with van der Waals surface area (Å²) in [6, 6.07) is 10.3. The third-order valence-corrected chi connectivity index (χ3v) is 5.02. The van der Waals surface area contributed by atoms with Gasteiger partial charge in [0.15, 0.2) is 23.3 Å². The van der Waals surface area contributed by atoms with Crippen LogP contribution in [0.4, 0.5) is 8.78 Å². The molecule has 2 heterocycles. The molecule has 0 fully saturated rings. The monoisotopic (exact) mass is 388 g/mol. The van der Waals surface area contributed by atoms with Gasteiger partial charge in [0.05, 0.1) is 6.54 Å². The molecular weight excluding hydrogens is 374 g/mol. The molecule has 5 nitrogen and oxygen atoms in total. The standard InChI is InChI=1S/C19H15ClF2N4O/c1-11-19(27)25(9-13-4-2-3-5-14(13)20)10-17-23-24-18(26(11)17)12-6-7-15(21)16(22)8-12/h2-8,11H,9-10H2,1H3/t11-/m0/s1. The Morgan fingerprint density at radius 3 is 2.67 bits per heavy atom. The highest BCUT2D eigenvalue weighted by atomic mass is 35.5. The predicted octanol–water partition coefficient (Wildman–Crippen LogP) is 3.98. The molecule has 0 saturated carbocycles. The molecule has 8 heteroatoms. The molecule has 27 heavy (non-hydrogen) atoms. The Hall–Kier alpha value is -2.80. The summed E-state index contributed by atoms with van der Waals surface area (Å²) < 4.78 is 28.5. The number of fused-ring (bicyclic) bond motifs is 1. The van der Waals surface area contributed by atoms with Gasteiger partial charge in [-0.2, -0.15) is 0 Å². The molecule has 0 radical (unpaired) electrons. The van der Waals surface area contributed by atoms with E-state index in [9.17, 15) is 13.6 Å². The summed E-state index contributed by atoms with van der Waals surface area (Å²) in [5.41, 5.74) is 1.21. The molecule has 0 bridgehead atoms. The minimum atomic E-state index is -0.972. The Kier molecular flexibility index (Phi) is 4.39. The molecule has 0 spiro atoms. The lowest BCUT2D eigenvalue weighted by atomic mass is 10.1. The van der Waals surface area contributed by atoms with Gasteiger partial charge in [0.25, 0.3) is 0 Å². The van der Waals surface area contributed by atoms with E-state index in [-0.39, 0.29) is 12.5 Å². The first-order valence-corrected chi connectivity index (χ1v) is 8.75. The van der Waals surface area contributed by atoms with Crippen molar-refractivity contribution in [1.29, 1.82) is 0 Å². The van der Waals surface area contributed by atoms with Gasteiger partial charge in [0, 0.05) is 17.1 Å². The molecule has 0 N–H and O–H groups in total. The van der Waals surface area contributed by atoms with Crippen molar-refractivity contribution in [2.45, 2.75) is 26.1 Å². The fourth-order valence-electron chi connectivity index (χ4n) is 3.26. The SMILES string of the molecule is C[C@H]1C(=O)N(Cc2ccccc2Cl)Cc2nnc(-c3ccc(F)c(F)c3)n21. The number of aromatic nitrogens is 3. The fourth-order valence-corrected chi connectivity index (χ4v) is 3.46. The zero-order valence-corrected chi connectivity index (χ0v) is 15.1. The van der Waals surface area contributed by atoms with Crippen molar-refractivity contribution >= 4 is 17.5 Å². The Labute approximate surface area is 159 Å². The van der Waals surface area contributed by atoms with Crippen LogP contribution in [-0.2, 0) is 17.9 Å². The molecule has 1 aliphatic heterocycles. The Morgan fingerprint density at radius 2 is 1.93 bits per heavy atom. The summed E-state index contributed by atoms with van der Waals surface area (Å²) in [6.45, 7) is 2.35. The van der Waals surface area contributed by atoms with Crippen LogP contribution in [-0.4, -0.2) is 25.6 Å². The summed E-state index contributed by atoms with van der Waals surface area (Å²) in [5.74, 6) is -1.12. The summed E-state index contributed by atoms with van der Waals surface area (Å²) in [7, 11) is 0. The van der Waals surface area contributed by atoms with Crippen LogP contribution < -0.4 is 0 Å². The Balaban J connectivity index is 1.68. The number of benzene rings is 2. The van der Waals surface area contributed by atoms with Gasteiger partial charge in [0.2, 0.25) is 5.91 Å². The predicted molar refractivity (Wildman–Crippen MR) is 95.8 cm³/mol. The molecule has 2 aromatic carbocycles. The van der Waals surface area contributed by atoms with E-state index < -0.39 is 17.7 Å². The maximum absolute atomic E-state index is 13.6. The van der Waals surface area contributed by atoms with Crippen molar-refractivity contribution in [3.63, 3.8) is 0 Å². The van der Waals surface area contributed by atoms with Crippen LogP contribution >= 0.6 is 11.6 Å². The van der Waals surface area contributed by atoms with Gasteiger partial charge in [-0.3, -0.25) is 9.36 Å². The van der Waals surface area contributed by atoms with Crippen LogP contribution in [0.3, 0.4) is 0 Å². The molecule has 1 aromatic heterocycles. The lowest BCUT2D eigenvalue weighted by Crippen LogP contribution is -2.41. The number of carbonyl (C=O) groups is 1. The zero-order valence-electron chi connectivity index (χ0n) is 14.4. The molecule has 1 atom stereocenters. The van der Waals surface area contributed by atoms with E-state index in [4.69, 9.17) is 11.6 Å². The zero-order chi connectivity index (χ0) is 19.1. The van der Waals surface area contributed by atoms with Crippen molar-refractivity contribution in [2.75, 3.05) is 0 Å². The molecule has 0 unspecified atom stereocenters. The van der Waals surface area contributed by atoms with Crippen molar-refractivity contribution in [3.8, 4) is 11.4 Å². The van der Waals surface area contributed by atoms with Crippen LogP contribution in [0.1, 0.15) is 24.4 Å². The average molecular weight is 389 g/mol. The van der Waals surface area contributed by atoms with Gasteiger partial charge in [-0.15, -0.1) is 10.2 Å². The highest BCUT2D eigenvalue weighted by molar-refractivity contribution is 6.31. The van der Waals surface area contributed by atoms with E-state index in [1.165, 1.54) is 6.07 Å². The number of amides is 1. The maximum Gasteiger partial charge on any atom is 0.246 e. The molecule has 138 valence electrons. The quantitative estimate of drug-likeness (QED) is 0.682. The van der Waals surface area contributed by atoms with Gasteiger partial charge < -0.3 is 4.90 Å².